The van der Waals surface area contributed by atoms with Crippen molar-refractivity contribution in [3.05, 3.63) is 34.1 Å². The Morgan fingerprint density at radius 3 is 2.50 bits per heavy atom. The number of halogens is 2. The Balaban J connectivity index is 1.65. The van der Waals surface area contributed by atoms with E-state index in [0.717, 1.165) is 29.2 Å². The number of benzene rings is 1. The van der Waals surface area contributed by atoms with Crippen LogP contribution in [-0.2, 0) is 0 Å². The monoisotopic (exact) mass is 293 g/mol. The number of aryl methyl sites for hydroxylation is 1. The molecule has 3 aliphatic rings. The standard InChI is InChI=1S/C17H21ClFN/c1-8-5-11(12(18)7-13(8)19)17(20-2)16-14-9-3-4-10(6-9)15(14)16/h5,7,9-10,14-17,20H,3-4,6H2,1-2H3. The minimum Gasteiger partial charge on any atom is -0.313 e. The van der Waals surface area contributed by atoms with E-state index in [1.54, 1.807) is 0 Å². The fourth-order valence-electron chi connectivity index (χ4n) is 5.31. The zero-order chi connectivity index (χ0) is 14.0. The molecular formula is C17H21ClFN. The molecule has 3 heteroatoms. The molecule has 0 aromatic heterocycles. The zero-order valence-corrected chi connectivity index (χ0v) is 12.8. The Morgan fingerprint density at radius 1 is 1.25 bits per heavy atom. The molecule has 3 saturated carbocycles. The van der Waals surface area contributed by atoms with Gasteiger partial charge < -0.3 is 5.32 Å². The van der Waals surface area contributed by atoms with Gasteiger partial charge in [0.25, 0.3) is 0 Å². The molecule has 0 radical (unpaired) electrons. The molecule has 4 rings (SSSR count). The maximum absolute atomic E-state index is 13.6. The Labute approximate surface area is 124 Å². The van der Waals surface area contributed by atoms with Crippen molar-refractivity contribution in [2.75, 3.05) is 7.05 Å². The first kappa shape index (κ1) is 13.1. The van der Waals surface area contributed by atoms with Gasteiger partial charge in [0, 0.05) is 11.1 Å². The van der Waals surface area contributed by atoms with Crippen LogP contribution in [0.25, 0.3) is 0 Å². The summed E-state index contributed by atoms with van der Waals surface area (Å²) in [6.45, 7) is 1.82. The van der Waals surface area contributed by atoms with E-state index in [2.05, 4.69) is 5.32 Å². The average molecular weight is 294 g/mol. The highest BCUT2D eigenvalue weighted by Crippen LogP contribution is 2.72. The van der Waals surface area contributed by atoms with Crippen molar-refractivity contribution in [1.29, 1.82) is 0 Å². The minimum atomic E-state index is -0.204. The van der Waals surface area contributed by atoms with E-state index < -0.39 is 0 Å². The molecule has 1 N–H and O–H groups in total. The summed E-state index contributed by atoms with van der Waals surface area (Å²) in [6.07, 6.45) is 4.31. The molecule has 1 aromatic rings. The number of rotatable bonds is 3. The van der Waals surface area contributed by atoms with Gasteiger partial charge in [-0.3, -0.25) is 0 Å². The lowest BCUT2D eigenvalue weighted by Gasteiger charge is -2.22. The molecule has 20 heavy (non-hydrogen) atoms. The van der Waals surface area contributed by atoms with Crippen molar-refractivity contribution < 1.29 is 4.39 Å². The number of fused-ring (bicyclic) bond motifs is 5. The first-order valence-electron chi connectivity index (χ1n) is 7.74. The summed E-state index contributed by atoms with van der Waals surface area (Å²) in [5.41, 5.74) is 1.78. The van der Waals surface area contributed by atoms with Crippen molar-refractivity contribution in [3.63, 3.8) is 0 Å². The van der Waals surface area contributed by atoms with Crippen LogP contribution >= 0.6 is 11.6 Å². The van der Waals surface area contributed by atoms with Gasteiger partial charge in [-0.15, -0.1) is 0 Å². The summed E-state index contributed by atoms with van der Waals surface area (Å²) in [4.78, 5) is 0. The van der Waals surface area contributed by atoms with Crippen LogP contribution in [0, 0.1) is 42.3 Å². The molecule has 0 heterocycles. The molecule has 0 saturated heterocycles. The summed E-state index contributed by atoms with van der Waals surface area (Å²) < 4.78 is 13.6. The second-order valence-corrected chi connectivity index (χ2v) is 7.36. The second kappa shape index (κ2) is 4.45. The molecule has 0 amide bonds. The fraction of sp³-hybridized carbons (Fsp3) is 0.647. The highest BCUT2D eigenvalue weighted by molar-refractivity contribution is 6.31. The smallest absolute Gasteiger partial charge is 0.127 e. The molecule has 0 spiro atoms. The van der Waals surface area contributed by atoms with Crippen molar-refractivity contribution in [3.8, 4) is 0 Å². The van der Waals surface area contributed by atoms with Gasteiger partial charge in [0.05, 0.1) is 0 Å². The van der Waals surface area contributed by atoms with Crippen molar-refractivity contribution >= 4 is 11.6 Å². The third-order valence-electron chi connectivity index (χ3n) is 6.10. The average Bonchev–Trinajstić information content (AvgIpc) is 2.84. The van der Waals surface area contributed by atoms with E-state index >= 15 is 0 Å². The van der Waals surface area contributed by atoms with Crippen LogP contribution in [0.15, 0.2) is 12.1 Å². The molecule has 5 atom stereocenters. The lowest BCUT2D eigenvalue weighted by Crippen LogP contribution is -2.22. The number of hydrogen-bond acceptors (Lipinski definition) is 1. The predicted molar refractivity (Wildman–Crippen MR) is 79.2 cm³/mol. The summed E-state index contributed by atoms with van der Waals surface area (Å²) in [5.74, 6) is 4.20. The highest BCUT2D eigenvalue weighted by atomic mass is 35.5. The second-order valence-electron chi connectivity index (χ2n) is 6.95. The molecule has 3 fully saturated rings. The van der Waals surface area contributed by atoms with Crippen LogP contribution in [0.4, 0.5) is 4.39 Å². The van der Waals surface area contributed by atoms with Gasteiger partial charge in [-0.25, -0.2) is 4.39 Å². The maximum atomic E-state index is 13.6. The Hall–Kier alpha value is -0.600. The van der Waals surface area contributed by atoms with E-state index in [1.165, 1.54) is 25.3 Å². The normalized spacial score (nSPS) is 38.9. The Kier molecular flexibility index (Phi) is 2.91. The molecule has 0 aliphatic heterocycles. The molecule has 1 nitrogen and oxygen atoms in total. The SMILES string of the molecule is CNC(c1cc(C)c(F)cc1Cl)C1C2C3CCC(C3)C21. The fourth-order valence-corrected chi connectivity index (χ4v) is 5.58. The van der Waals surface area contributed by atoms with Gasteiger partial charge in [0.1, 0.15) is 5.82 Å². The first-order chi connectivity index (χ1) is 9.61. The lowest BCUT2D eigenvalue weighted by atomic mass is 9.92. The molecule has 5 unspecified atom stereocenters. The third-order valence-corrected chi connectivity index (χ3v) is 6.43. The van der Waals surface area contributed by atoms with Gasteiger partial charge in [-0.05, 0) is 80.0 Å². The van der Waals surface area contributed by atoms with Crippen LogP contribution in [0.2, 0.25) is 5.02 Å². The minimum absolute atomic E-state index is 0.204. The van der Waals surface area contributed by atoms with Crippen molar-refractivity contribution in [2.45, 2.75) is 32.2 Å². The van der Waals surface area contributed by atoms with Crippen LogP contribution in [0.5, 0.6) is 0 Å². The molecule has 2 bridgehead atoms. The van der Waals surface area contributed by atoms with Crippen LogP contribution < -0.4 is 5.32 Å². The van der Waals surface area contributed by atoms with Gasteiger partial charge in [0.15, 0.2) is 0 Å². The largest absolute Gasteiger partial charge is 0.313 e. The van der Waals surface area contributed by atoms with Crippen molar-refractivity contribution in [2.24, 2.45) is 29.6 Å². The predicted octanol–water partition coefficient (Wildman–Crippen LogP) is 4.34. The third kappa shape index (κ3) is 1.70. The Morgan fingerprint density at radius 2 is 1.90 bits per heavy atom. The molecule has 3 aliphatic carbocycles. The maximum Gasteiger partial charge on any atom is 0.127 e. The first-order valence-corrected chi connectivity index (χ1v) is 8.12. The lowest BCUT2D eigenvalue weighted by molar-refractivity contribution is 0.385. The van der Waals surface area contributed by atoms with Crippen LogP contribution in [-0.4, -0.2) is 7.05 Å². The highest BCUT2D eigenvalue weighted by Gasteiger charge is 2.66. The van der Waals surface area contributed by atoms with E-state index in [0.29, 0.717) is 22.5 Å². The molecule has 108 valence electrons. The molecule has 1 aromatic carbocycles. The summed E-state index contributed by atoms with van der Waals surface area (Å²) in [6, 6.07) is 3.71. The van der Waals surface area contributed by atoms with Crippen LogP contribution in [0.3, 0.4) is 0 Å². The Bertz CT molecular complexity index is 542. The van der Waals surface area contributed by atoms with Crippen LogP contribution in [0.1, 0.15) is 36.4 Å². The van der Waals surface area contributed by atoms with Gasteiger partial charge >= 0.3 is 0 Å². The zero-order valence-electron chi connectivity index (χ0n) is 12.0. The number of hydrogen-bond donors (Lipinski definition) is 1. The van der Waals surface area contributed by atoms with Gasteiger partial charge in [-0.2, -0.15) is 0 Å². The van der Waals surface area contributed by atoms with E-state index in [-0.39, 0.29) is 5.82 Å². The van der Waals surface area contributed by atoms with E-state index in [1.807, 2.05) is 20.0 Å². The van der Waals surface area contributed by atoms with Gasteiger partial charge in [0.2, 0.25) is 0 Å². The molecular weight excluding hydrogens is 273 g/mol. The summed E-state index contributed by atoms with van der Waals surface area (Å²) >= 11 is 6.31. The number of nitrogens with one attached hydrogen (secondary N) is 1. The van der Waals surface area contributed by atoms with E-state index in [4.69, 9.17) is 11.6 Å². The van der Waals surface area contributed by atoms with Gasteiger partial charge in [-0.1, -0.05) is 17.7 Å². The van der Waals surface area contributed by atoms with Crippen molar-refractivity contribution in [1.82, 2.24) is 5.32 Å². The summed E-state index contributed by atoms with van der Waals surface area (Å²) in [7, 11) is 2.01. The summed E-state index contributed by atoms with van der Waals surface area (Å²) in [5, 5.41) is 4.03. The topological polar surface area (TPSA) is 12.0 Å². The quantitative estimate of drug-likeness (QED) is 0.874. The van der Waals surface area contributed by atoms with E-state index in [9.17, 15) is 4.39 Å².